The Balaban J connectivity index is 2.35. The lowest BCUT2D eigenvalue weighted by atomic mass is 9.54. The van der Waals surface area contributed by atoms with Crippen molar-refractivity contribution in [1.29, 1.82) is 0 Å². The molecule has 2 heteroatoms. The van der Waals surface area contributed by atoms with E-state index in [1.54, 1.807) is 0 Å². The minimum Gasteiger partial charge on any atom is -0.495 e. The first-order chi connectivity index (χ1) is 12.3. The summed E-state index contributed by atoms with van der Waals surface area (Å²) in [6.07, 6.45) is 17.1. The number of carbonyl (C=O) groups excluding carboxylic acids is 1. The average Bonchev–Trinajstić information content (AvgIpc) is 2.57. The molecule has 1 saturated carbocycles. The van der Waals surface area contributed by atoms with Gasteiger partial charge in [-0.1, -0.05) is 65.7 Å². The molecule has 2 unspecified atom stereocenters. The second-order valence-electron chi connectivity index (χ2n) is 9.78. The van der Waals surface area contributed by atoms with Gasteiger partial charge in [0.25, 0.3) is 0 Å². The predicted molar refractivity (Wildman–Crippen MR) is 110 cm³/mol. The maximum atomic E-state index is 13.6. The molecule has 0 amide bonds. The van der Waals surface area contributed by atoms with Crippen LogP contribution < -0.4 is 0 Å². The van der Waals surface area contributed by atoms with Crippen LogP contribution in [0.5, 0.6) is 0 Å². The highest BCUT2D eigenvalue weighted by atomic mass is 16.5. The van der Waals surface area contributed by atoms with Crippen LogP contribution in [-0.2, 0) is 9.53 Å². The van der Waals surface area contributed by atoms with E-state index in [0.717, 1.165) is 25.0 Å². The quantitative estimate of drug-likeness (QED) is 0.492. The van der Waals surface area contributed by atoms with E-state index in [4.69, 9.17) is 4.74 Å². The van der Waals surface area contributed by atoms with Crippen molar-refractivity contribution in [3.8, 4) is 0 Å². The SMILES string of the molecule is C/C1=C/C(=O)C(C)(C2CCCCCCCCC2)C(C)(C)CCCC(C)O1. The monoisotopic (exact) mass is 362 g/mol. The number of hydrogen-bond donors (Lipinski definition) is 0. The van der Waals surface area contributed by atoms with Crippen molar-refractivity contribution >= 4 is 5.78 Å². The molecule has 1 aliphatic carbocycles. The van der Waals surface area contributed by atoms with Crippen molar-refractivity contribution in [1.82, 2.24) is 0 Å². The molecule has 2 atom stereocenters. The Kier molecular flexibility index (Phi) is 7.79. The lowest BCUT2D eigenvalue weighted by molar-refractivity contribution is -0.136. The third-order valence-electron chi connectivity index (χ3n) is 7.47. The number of carbonyl (C=O) groups is 1. The van der Waals surface area contributed by atoms with Gasteiger partial charge in [0, 0.05) is 11.5 Å². The minimum atomic E-state index is -0.294. The molecule has 1 heterocycles. The van der Waals surface area contributed by atoms with E-state index in [0.29, 0.717) is 11.7 Å². The molecule has 0 spiro atoms. The van der Waals surface area contributed by atoms with E-state index in [1.807, 2.05) is 13.0 Å². The second kappa shape index (κ2) is 9.42. The summed E-state index contributed by atoms with van der Waals surface area (Å²) in [5.74, 6) is 1.59. The summed E-state index contributed by atoms with van der Waals surface area (Å²) >= 11 is 0. The first-order valence-electron chi connectivity index (χ1n) is 11.2. The van der Waals surface area contributed by atoms with Crippen LogP contribution in [0, 0.1) is 16.7 Å². The highest BCUT2D eigenvalue weighted by Crippen LogP contribution is 2.52. The molecule has 0 aromatic rings. The molecular formula is C24H42O2. The summed E-state index contributed by atoms with van der Waals surface area (Å²) < 4.78 is 5.97. The lowest BCUT2D eigenvalue weighted by Gasteiger charge is -2.49. The number of ether oxygens (including phenoxy) is 1. The van der Waals surface area contributed by atoms with Crippen molar-refractivity contribution in [3.63, 3.8) is 0 Å². The predicted octanol–water partition coefficient (Wildman–Crippen LogP) is 7.22. The fourth-order valence-corrected chi connectivity index (χ4v) is 5.31. The Morgan fingerprint density at radius 2 is 1.42 bits per heavy atom. The molecule has 0 radical (unpaired) electrons. The Bertz CT molecular complexity index is 480. The maximum absolute atomic E-state index is 13.6. The molecule has 1 fully saturated rings. The van der Waals surface area contributed by atoms with Crippen LogP contribution in [0.2, 0.25) is 0 Å². The van der Waals surface area contributed by atoms with E-state index in [9.17, 15) is 4.79 Å². The van der Waals surface area contributed by atoms with Gasteiger partial charge in [0.1, 0.15) is 0 Å². The first-order valence-corrected chi connectivity index (χ1v) is 11.2. The molecule has 0 aromatic heterocycles. The summed E-state index contributed by atoms with van der Waals surface area (Å²) in [4.78, 5) is 13.6. The molecule has 2 aliphatic rings. The average molecular weight is 363 g/mol. The topological polar surface area (TPSA) is 26.3 Å². The van der Waals surface area contributed by atoms with Gasteiger partial charge in [0.05, 0.1) is 11.9 Å². The maximum Gasteiger partial charge on any atom is 0.165 e. The minimum absolute atomic E-state index is 0.0205. The Morgan fingerprint density at radius 1 is 0.885 bits per heavy atom. The zero-order chi connectivity index (χ0) is 19.2. The highest BCUT2D eigenvalue weighted by Gasteiger charge is 2.50. The van der Waals surface area contributed by atoms with Crippen molar-refractivity contribution < 1.29 is 9.53 Å². The normalized spacial score (nSPS) is 35.0. The molecule has 26 heavy (non-hydrogen) atoms. The summed E-state index contributed by atoms with van der Waals surface area (Å²) in [7, 11) is 0. The van der Waals surface area contributed by atoms with E-state index < -0.39 is 0 Å². The number of rotatable bonds is 1. The largest absolute Gasteiger partial charge is 0.495 e. The van der Waals surface area contributed by atoms with Crippen LogP contribution in [0.3, 0.4) is 0 Å². The van der Waals surface area contributed by atoms with Crippen LogP contribution in [0.4, 0.5) is 0 Å². The highest BCUT2D eigenvalue weighted by molar-refractivity contribution is 5.95. The van der Waals surface area contributed by atoms with Gasteiger partial charge in [-0.25, -0.2) is 0 Å². The van der Waals surface area contributed by atoms with Crippen LogP contribution in [-0.4, -0.2) is 11.9 Å². The van der Waals surface area contributed by atoms with Gasteiger partial charge in [0.2, 0.25) is 0 Å². The molecule has 2 rings (SSSR count). The van der Waals surface area contributed by atoms with E-state index in [-0.39, 0.29) is 16.9 Å². The standard InChI is InChI=1S/C24H42O2/c1-19-14-13-17-23(3,4)24(5,22(25)18-20(2)26-19)21-15-11-9-7-6-8-10-12-16-21/h18-19,21H,6-17H2,1-5H3/b20-18-. The molecule has 2 nitrogen and oxygen atoms in total. The van der Waals surface area contributed by atoms with Crippen molar-refractivity contribution in [3.05, 3.63) is 11.8 Å². The third kappa shape index (κ3) is 5.14. The van der Waals surface area contributed by atoms with Gasteiger partial charge in [0.15, 0.2) is 5.78 Å². The molecule has 150 valence electrons. The van der Waals surface area contributed by atoms with Crippen LogP contribution in [0.15, 0.2) is 11.8 Å². The number of hydrogen-bond acceptors (Lipinski definition) is 2. The smallest absolute Gasteiger partial charge is 0.165 e. The molecular weight excluding hydrogens is 320 g/mol. The van der Waals surface area contributed by atoms with E-state index in [2.05, 4.69) is 27.7 Å². The fourth-order valence-electron chi connectivity index (χ4n) is 5.31. The van der Waals surface area contributed by atoms with E-state index >= 15 is 0 Å². The van der Waals surface area contributed by atoms with Crippen LogP contribution >= 0.6 is 0 Å². The Labute approximate surface area is 162 Å². The van der Waals surface area contributed by atoms with Gasteiger partial charge < -0.3 is 4.74 Å². The van der Waals surface area contributed by atoms with Crippen molar-refractivity contribution in [2.24, 2.45) is 16.7 Å². The molecule has 1 aliphatic heterocycles. The summed E-state index contributed by atoms with van der Waals surface area (Å²) in [5.41, 5.74) is -0.274. The van der Waals surface area contributed by atoms with Crippen molar-refractivity contribution in [2.45, 2.75) is 118 Å². The van der Waals surface area contributed by atoms with Gasteiger partial charge >= 0.3 is 0 Å². The lowest BCUT2D eigenvalue weighted by Crippen LogP contribution is -2.48. The van der Waals surface area contributed by atoms with Crippen LogP contribution in [0.25, 0.3) is 0 Å². The number of allylic oxidation sites excluding steroid dienone is 2. The van der Waals surface area contributed by atoms with Gasteiger partial charge in [-0.2, -0.15) is 0 Å². The Hall–Kier alpha value is -0.790. The zero-order valence-corrected chi connectivity index (χ0v) is 18.0. The molecule has 0 aromatic carbocycles. The Morgan fingerprint density at radius 3 is 2.00 bits per heavy atom. The molecule has 0 saturated heterocycles. The summed E-state index contributed by atoms with van der Waals surface area (Å²) in [6.45, 7) is 11.0. The van der Waals surface area contributed by atoms with Gasteiger partial charge in [-0.3, -0.25) is 4.79 Å². The van der Waals surface area contributed by atoms with Crippen LogP contribution in [0.1, 0.15) is 112 Å². The zero-order valence-electron chi connectivity index (χ0n) is 18.0. The summed E-state index contributed by atoms with van der Waals surface area (Å²) in [6, 6.07) is 0. The molecule has 0 bridgehead atoms. The summed E-state index contributed by atoms with van der Waals surface area (Å²) in [5, 5.41) is 0. The third-order valence-corrected chi connectivity index (χ3v) is 7.47. The van der Waals surface area contributed by atoms with Gasteiger partial charge in [-0.15, -0.1) is 0 Å². The molecule has 0 N–H and O–H groups in total. The fraction of sp³-hybridized carbons (Fsp3) is 0.875. The van der Waals surface area contributed by atoms with Gasteiger partial charge in [-0.05, 0) is 57.3 Å². The van der Waals surface area contributed by atoms with Crippen molar-refractivity contribution in [2.75, 3.05) is 0 Å². The first kappa shape index (κ1) is 21.5. The van der Waals surface area contributed by atoms with E-state index in [1.165, 1.54) is 57.8 Å². The second-order valence-corrected chi connectivity index (χ2v) is 9.78. The number of ketones is 1.